The third kappa shape index (κ3) is 3.01. The first-order chi connectivity index (χ1) is 6.69. The molecule has 0 fully saturated rings. The lowest BCUT2D eigenvalue weighted by molar-refractivity contribution is 0.677. The molecule has 0 aliphatic heterocycles. The summed E-state index contributed by atoms with van der Waals surface area (Å²) in [5.74, 6) is 0.562. The van der Waals surface area contributed by atoms with Crippen molar-refractivity contribution in [1.82, 2.24) is 5.32 Å². The molecule has 78 valence electrons. The highest BCUT2D eigenvalue weighted by molar-refractivity contribution is 9.10. The van der Waals surface area contributed by atoms with Gasteiger partial charge in [0.15, 0.2) is 0 Å². The molecule has 0 heterocycles. The van der Waals surface area contributed by atoms with Crippen LogP contribution in [0.2, 0.25) is 0 Å². The fourth-order valence-corrected chi connectivity index (χ4v) is 2.75. The van der Waals surface area contributed by atoms with Gasteiger partial charge in [0.25, 0.3) is 0 Å². The van der Waals surface area contributed by atoms with Crippen LogP contribution in [0, 0.1) is 0 Å². The van der Waals surface area contributed by atoms with Crippen molar-refractivity contribution in [2.75, 3.05) is 19.8 Å². The lowest BCUT2D eigenvalue weighted by Gasteiger charge is -2.12. The standard InChI is InChI=1S/C11H16BrNS/c1-8(7-13-2)9-4-5-11(14-3)10(12)6-9/h4-6,8,13H,7H2,1-3H3. The second kappa shape index (κ2) is 5.79. The van der Waals surface area contributed by atoms with Crippen LogP contribution >= 0.6 is 27.7 Å². The van der Waals surface area contributed by atoms with E-state index in [0.29, 0.717) is 5.92 Å². The first-order valence-corrected chi connectivity index (χ1v) is 6.68. The van der Waals surface area contributed by atoms with Crippen LogP contribution < -0.4 is 5.32 Å². The number of nitrogens with one attached hydrogen (secondary N) is 1. The number of rotatable bonds is 4. The van der Waals surface area contributed by atoms with Crippen molar-refractivity contribution in [3.63, 3.8) is 0 Å². The summed E-state index contributed by atoms with van der Waals surface area (Å²) in [5, 5.41) is 3.19. The van der Waals surface area contributed by atoms with Gasteiger partial charge in [0.2, 0.25) is 0 Å². The molecule has 0 aliphatic carbocycles. The van der Waals surface area contributed by atoms with Gasteiger partial charge in [-0.2, -0.15) is 0 Å². The summed E-state index contributed by atoms with van der Waals surface area (Å²) in [6.45, 7) is 3.25. The highest BCUT2D eigenvalue weighted by Gasteiger charge is 2.06. The maximum absolute atomic E-state index is 3.59. The fourth-order valence-electron chi connectivity index (χ4n) is 1.41. The average molecular weight is 274 g/mol. The van der Waals surface area contributed by atoms with Crippen molar-refractivity contribution in [3.8, 4) is 0 Å². The van der Waals surface area contributed by atoms with E-state index in [-0.39, 0.29) is 0 Å². The number of benzene rings is 1. The van der Waals surface area contributed by atoms with E-state index in [1.807, 2.05) is 7.05 Å². The Balaban J connectivity index is 2.85. The van der Waals surface area contributed by atoms with Crippen LogP contribution in [-0.4, -0.2) is 19.8 Å². The Morgan fingerprint density at radius 3 is 2.71 bits per heavy atom. The second-order valence-electron chi connectivity index (χ2n) is 3.35. The van der Waals surface area contributed by atoms with Crippen molar-refractivity contribution in [2.24, 2.45) is 0 Å². The third-order valence-corrected chi connectivity index (χ3v) is 3.97. The molecule has 0 aliphatic rings. The lowest BCUT2D eigenvalue weighted by Crippen LogP contribution is -2.14. The number of halogens is 1. The van der Waals surface area contributed by atoms with Crippen molar-refractivity contribution < 1.29 is 0 Å². The Bertz CT molecular complexity index is 301. The first kappa shape index (κ1) is 12.1. The van der Waals surface area contributed by atoms with Crippen LogP contribution in [0.1, 0.15) is 18.4 Å². The van der Waals surface area contributed by atoms with Gasteiger partial charge in [0.05, 0.1) is 0 Å². The molecule has 3 heteroatoms. The Kier molecular flexibility index (Phi) is 4.99. The van der Waals surface area contributed by atoms with E-state index in [2.05, 4.69) is 52.6 Å². The van der Waals surface area contributed by atoms with Crippen molar-refractivity contribution in [2.45, 2.75) is 17.7 Å². The number of hydrogen-bond donors (Lipinski definition) is 1. The minimum Gasteiger partial charge on any atom is -0.319 e. The predicted octanol–water partition coefficient (Wildman–Crippen LogP) is 3.49. The Morgan fingerprint density at radius 1 is 1.50 bits per heavy atom. The van der Waals surface area contributed by atoms with Gasteiger partial charge in [-0.1, -0.05) is 13.0 Å². The normalized spacial score (nSPS) is 12.9. The molecule has 1 nitrogen and oxygen atoms in total. The van der Waals surface area contributed by atoms with Gasteiger partial charge in [-0.15, -0.1) is 11.8 Å². The van der Waals surface area contributed by atoms with Crippen LogP contribution in [0.25, 0.3) is 0 Å². The Morgan fingerprint density at radius 2 is 2.21 bits per heavy atom. The van der Waals surface area contributed by atoms with Crippen LogP contribution in [0.15, 0.2) is 27.6 Å². The van der Waals surface area contributed by atoms with Gasteiger partial charge in [-0.3, -0.25) is 0 Å². The highest BCUT2D eigenvalue weighted by Crippen LogP contribution is 2.28. The molecule has 1 N–H and O–H groups in total. The lowest BCUT2D eigenvalue weighted by atomic mass is 10.0. The zero-order valence-corrected chi connectivity index (χ0v) is 11.2. The van der Waals surface area contributed by atoms with Gasteiger partial charge in [-0.25, -0.2) is 0 Å². The van der Waals surface area contributed by atoms with E-state index >= 15 is 0 Å². The molecular weight excluding hydrogens is 258 g/mol. The van der Waals surface area contributed by atoms with E-state index in [1.165, 1.54) is 14.9 Å². The fraction of sp³-hybridized carbons (Fsp3) is 0.455. The van der Waals surface area contributed by atoms with Crippen LogP contribution in [0.5, 0.6) is 0 Å². The molecular formula is C11H16BrNS. The molecule has 0 saturated carbocycles. The van der Waals surface area contributed by atoms with Gasteiger partial charge in [-0.05, 0) is 52.8 Å². The second-order valence-corrected chi connectivity index (χ2v) is 5.06. The summed E-state index contributed by atoms with van der Waals surface area (Å²) in [6, 6.07) is 6.60. The maximum atomic E-state index is 3.59. The van der Waals surface area contributed by atoms with Gasteiger partial charge < -0.3 is 5.32 Å². The zero-order valence-electron chi connectivity index (χ0n) is 8.80. The zero-order chi connectivity index (χ0) is 10.6. The molecule has 1 aromatic rings. The first-order valence-electron chi connectivity index (χ1n) is 4.67. The predicted molar refractivity (Wildman–Crippen MR) is 68.3 cm³/mol. The van der Waals surface area contributed by atoms with Crippen molar-refractivity contribution in [3.05, 3.63) is 28.2 Å². The highest BCUT2D eigenvalue weighted by atomic mass is 79.9. The monoisotopic (exact) mass is 273 g/mol. The molecule has 14 heavy (non-hydrogen) atoms. The average Bonchev–Trinajstić information content (AvgIpc) is 2.18. The summed E-state index contributed by atoms with van der Waals surface area (Å²) < 4.78 is 1.20. The topological polar surface area (TPSA) is 12.0 Å². The SMILES string of the molecule is CNCC(C)c1ccc(SC)c(Br)c1. The molecule has 1 unspecified atom stereocenters. The molecule has 0 bridgehead atoms. The van der Waals surface area contributed by atoms with Crippen molar-refractivity contribution in [1.29, 1.82) is 0 Å². The molecule has 1 aromatic carbocycles. The molecule has 0 aromatic heterocycles. The molecule has 0 amide bonds. The van der Waals surface area contributed by atoms with Crippen LogP contribution in [0.3, 0.4) is 0 Å². The maximum Gasteiger partial charge on any atom is 0.0313 e. The summed E-state index contributed by atoms with van der Waals surface area (Å²) in [4.78, 5) is 1.30. The summed E-state index contributed by atoms with van der Waals surface area (Å²) in [6.07, 6.45) is 2.09. The largest absolute Gasteiger partial charge is 0.319 e. The molecule has 0 saturated heterocycles. The van der Waals surface area contributed by atoms with E-state index < -0.39 is 0 Å². The molecule has 0 spiro atoms. The van der Waals surface area contributed by atoms with E-state index in [1.54, 1.807) is 11.8 Å². The summed E-state index contributed by atoms with van der Waals surface area (Å²) in [7, 11) is 1.99. The van der Waals surface area contributed by atoms with E-state index in [4.69, 9.17) is 0 Å². The molecule has 0 radical (unpaired) electrons. The van der Waals surface area contributed by atoms with Crippen LogP contribution in [0.4, 0.5) is 0 Å². The smallest absolute Gasteiger partial charge is 0.0313 e. The third-order valence-electron chi connectivity index (χ3n) is 2.26. The minimum absolute atomic E-state index is 0.562. The van der Waals surface area contributed by atoms with Crippen LogP contribution in [-0.2, 0) is 0 Å². The molecule has 1 rings (SSSR count). The van der Waals surface area contributed by atoms with E-state index in [0.717, 1.165) is 6.54 Å². The summed E-state index contributed by atoms with van der Waals surface area (Å²) >= 11 is 5.35. The van der Waals surface area contributed by atoms with Gasteiger partial charge in [0, 0.05) is 15.9 Å². The van der Waals surface area contributed by atoms with E-state index in [9.17, 15) is 0 Å². The van der Waals surface area contributed by atoms with Gasteiger partial charge >= 0.3 is 0 Å². The summed E-state index contributed by atoms with van der Waals surface area (Å²) in [5.41, 5.74) is 1.38. The Hall–Kier alpha value is 0.01000. The number of likely N-dealkylation sites (N-methyl/N-ethyl adjacent to an activating group) is 1. The Labute approximate surface area is 98.8 Å². The van der Waals surface area contributed by atoms with Crippen molar-refractivity contribution >= 4 is 27.7 Å². The van der Waals surface area contributed by atoms with Gasteiger partial charge in [0.1, 0.15) is 0 Å². The number of hydrogen-bond acceptors (Lipinski definition) is 2. The quantitative estimate of drug-likeness (QED) is 0.843. The number of thioether (sulfide) groups is 1. The minimum atomic E-state index is 0.562. The molecule has 1 atom stereocenters.